The first-order valence-corrected chi connectivity index (χ1v) is 7.48. The van der Waals surface area contributed by atoms with E-state index < -0.39 is 11.2 Å². The van der Waals surface area contributed by atoms with Gasteiger partial charge in [0.05, 0.1) is 11.3 Å². The molecule has 0 unspecified atom stereocenters. The van der Waals surface area contributed by atoms with Gasteiger partial charge < -0.3 is 5.11 Å². The van der Waals surface area contributed by atoms with Crippen LogP contribution in [-0.2, 0) is 6.42 Å². The molecule has 0 aliphatic rings. The van der Waals surface area contributed by atoms with Crippen LogP contribution in [0.5, 0.6) is 5.88 Å². The maximum absolute atomic E-state index is 12.0. The molecule has 2 aromatic rings. The normalized spacial score (nSPS) is 10.8. The summed E-state index contributed by atoms with van der Waals surface area (Å²) in [6, 6.07) is 3.64. The largest absolute Gasteiger partial charge is 0.494 e. The summed E-state index contributed by atoms with van der Waals surface area (Å²) in [5.41, 5.74) is 0.355. The van der Waals surface area contributed by atoms with Gasteiger partial charge in [-0.1, -0.05) is 6.92 Å². The Morgan fingerprint density at radius 2 is 1.80 bits per heavy atom. The molecule has 1 heterocycles. The zero-order valence-electron chi connectivity index (χ0n) is 10.8. The number of nitrogens with zero attached hydrogens (tertiary/aromatic N) is 1. The predicted octanol–water partition coefficient (Wildman–Crippen LogP) is 2.63. The Kier molecular flexibility index (Phi) is 4.19. The van der Waals surface area contributed by atoms with E-state index in [4.69, 9.17) is 0 Å². The van der Waals surface area contributed by atoms with Crippen LogP contribution in [0.4, 0.5) is 0 Å². The van der Waals surface area contributed by atoms with Crippen LogP contribution < -0.4 is 11.2 Å². The number of benzene rings is 1. The van der Waals surface area contributed by atoms with E-state index in [0.29, 0.717) is 21.1 Å². The van der Waals surface area contributed by atoms with Gasteiger partial charge in [-0.05, 0) is 62.9 Å². The molecule has 0 amide bonds. The number of aromatic amines is 1. The molecule has 7 heteroatoms. The molecule has 0 saturated heterocycles. The van der Waals surface area contributed by atoms with Crippen LogP contribution in [0.1, 0.15) is 18.1 Å². The van der Waals surface area contributed by atoms with Crippen LogP contribution in [0.15, 0.2) is 30.7 Å². The molecule has 1 aromatic carbocycles. The Hall–Kier alpha value is -1.34. The summed E-state index contributed by atoms with van der Waals surface area (Å²) in [7, 11) is 0. The Morgan fingerprint density at radius 3 is 2.30 bits per heavy atom. The summed E-state index contributed by atoms with van der Waals surface area (Å²) in [6.45, 7) is 3.64. The third kappa shape index (κ3) is 2.47. The van der Waals surface area contributed by atoms with Crippen molar-refractivity contribution < 1.29 is 5.11 Å². The van der Waals surface area contributed by atoms with E-state index in [9.17, 15) is 14.7 Å². The Morgan fingerprint density at radius 1 is 1.25 bits per heavy atom. The van der Waals surface area contributed by atoms with E-state index >= 15 is 0 Å². The quantitative estimate of drug-likeness (QED) is 0.809. The second-order valence-electron chi connectivity index (χ2n) is 4.33. The lowest BCUT2D eigenvalue weighted by molar-refractivity contribution is 0.423. The summed E-state index contributed by atoms with van der Waals surface area (Å²) in [4.78, 5) is 25.9. The molecule has 0 bridgehead atoms. The molecule has 0 spiro atoms. The first kappa shape index (κ1) is 15.1. The highest BCUT2D eigenvalue weighted by molar-refractivity contribution is 9.11. The van der Waals surface area contributed by atoms with Gasteiger partial charge in [0.1, 0.15) is 0 Å². The number of hydrogen-bond donors (Lipinski definition) is 2. The molecule has 5 nitrogen and oxygen atoms in total. The average Bonchev–Trinajstić information content (AvgIpc) is 2.32. The minimum atomic E-state index is -0.685. The molecule has 0 aliphatic heterocycles. The first-order valence-electron chi connectivity index (χ1n) is 5.90. The molecule has 0 saturated carbocycles. The summed E-state index contributed by atoms with van der Waals surface area (Å²) in [6.07, 6.45) is 0.322. The molecule has 0 atom stereocenters. The number of hydrogen-bond acceptors (Lipinski definition) is 3. The Labute approximate surface area is 131 Å². The van der Waals surface area contributed by atoms with E-state index in [0.717, 1.165) is 10.1 Å². The van der Waals surface area contributed by atoms with Crippen molar-refractivity contribution in [1.29, 1.82) is 0 Å². The van der Waals surface area contributed by atoms with E-state index in [1.807, 2.05) is 19.1 Å². The lowest BCUT2D eigenvalue weighted by Gasteiger charge is -2.14. The third-order valence-electron chi connectivity index (χ3n) is 2.92. The van der Waals surface area contributed by atoms with Crippen molar-refractivity contribution in [3.63, 3.8) is 0 Å². The van der Waals surface area contributed by atoms with Crippen LogP contribution in [-0.4, -0.2) is 14.7 Å². The molecule has 20 heavy (non-hydrogen) atoms. The molecule has 1 aromatic heterocycles. The van der Waals surface area contributed by atoms with Crippen molar-refractivity contribution in [2.75, 3.05) is 0 Å². The van der Waals surface area contributed by atoms with Gasteiger partial charge >= 0.3 is 5.69 Å². The highest BCUT2D eigenvalue weighted by atomic mass is 79.9. The van der Waals surface area contributed by atoms with Gasteiger partial charge in [0, 0.05) is 8.95 Å². The second kappa shape index (κ2) is 5.57. The number of aromatic nitrogens is 2. The maximum Gasteiger partial charge on any atom is 0.335 e. The highest BCUT2D eigenvalue weighted by Gasteiger charge is 2.18. The molecule has 0 fully saturated rings. The van der Waals surface area contributed by atoms with Crippen molar-refractivity contribution in [2.45, 2.75) is 20.3 Å². The lowest BCUT2D eigenvalue weighted by Crippen LogP contribution is -2.31. The fraction of sp³-hybridized carbons (Fsp3) is 0.231. The van der Waals surface area contributed by atoms with Gasteiger partial charge in [0.25, 0.3) is 5.56 Å². The van der Waals surface area contributed by atoms with E-state index in [-0.39, 0.29) is 11.4 Å². The molecule has 0 aliphatic carbocycles. The summed E-state index contributed by atoms with van der Waals surface area (Å²) in [5, 5.41) is 10.2. The van der Waals surface area contributed by atoms with E-state index in [1.54, 1.807) is 6.92 Å². The van der Waals surface area contributed by atoms with Gasteiger partial charge in [-0.15, -0.1) is 0 Å². The molecular formula is C13H12Br2N2O3. The zero-order valence-corrected chi connectivity index (χ0v) is 14.0. The summed E-state index contributed by atoms with van der Waals surface area (Å²) in [5.74, 6) is -0.341. The average molecular weight is 404 g/mol. The first-order chi connectivity index (χ1) is 9.36. The predicted molar refractivity (Wildman–Crippen MR) is 83.8 cm³/mol. The van der Waals surface area contributed by atoms with Crippen LogP contribution in [0, 0.1) is 6.92 Å². The second-order valence-corrected chi connectivity index (χ2v) is 6.04. The minimum absolute atomic E-state index is 0.170. The van der Waals surface area contributed by atoms with Crippen LogP contribution >= 0.6 is 31.9 Å². The van der Waals surface area contributed by atoms with Crippen molar-refractivity contribution in [3.8, 4) is 11.6 Å². The number of rotatable bonds is 2. The molecule has 2 N–H and O–H groups in total. The molecule has 2 rings (SSSR count). The van der Waals surface area contributed by atoms with Gasteiger partial charge in [0.15, 0.2) is 0 Å². The number of nitrogens with one attached hydrogen (secondary N) is 1. The lowest BCUT2D eigenvalue weighted by atomic mass is 10.2. The Balaban J connectivity index is 2.91. The third-order valence-corrected chi connectivity index (χ3v) is 4.13. The maximum atomic E-state index is 12.0. The van der Waals surface area contributed by atoms with Crippen molar-refractivity contribution in [3.05, 3.63) is 53.0 Å². The van der Waals surface area contributed by atoms with Gasteiger partial charge in [-0.3, -0.25) is 9.78 Å². The fourth-order valence-electron chi connectivity index (χ4n) is 1.99. The van der Waals surface area contributed by atoms with Crippen molar-refractivity contribution in [2.24, 2.45) is 0 Å². The Bertz CT molecular complexity index is 770. The van der Waals surface area contributed by atoms with Gasteiger partial charge in [-0.25, -0.2) is 9.36 Å². The number of aryl methyl sites for hydroxylation is 1. The van der Waals surface area contributed by atoms with Crippen LogP contribution in [0.3, 0.4) is 0 Å². The van der Waals surface area contributed by atoms with Gasteiger partial charge in [-0.2, -0.15) is 0 Å². The summed E-state index contributed by atoms with van der Waals surface area (Å²) < 4.78 is 2.35. The number of H-pyrrole nitrogens is 1. The van der Waals surface area contributed by atoms with E-state index in [2.05, 4.69) is 36.8 Å². The van der Waals surface area contributed by atoms with E-state index in [1.165, 1.54) is 0 Å². The van der Waals surface area contributed by atoms with Crippen LogP contribution in [0.25, 0.3) is 5.69 Å². The van der Waals surface area contributed by atoms with Crippen LogP contribution in [0.2, 0.25) is 0 Å². The number of halogens is 2. The SMILES string of the molecule is CCc1c(O)n(-c2c(Br)cc(C)cc2Br)c(=O)[nH]c1=O. The summed E-state index contributed by atoms with van der Waals surface area (Å²) >= 11 is 6.75. The van der Waals surface area contributed by atoms with Gasteiger partial charge in [0.2, 0.25) is 5.88 Å². The smallest absolute Gasteiger partial charge is 0.335 e. The van der Waals surface area contributed by atoms with Crippen molar-refractivity contribution >= 4 is 31.9 Å². The fourth-order valence-corrected chi connectivity index (χ4v) is 3.76. The highest BCUT2D eigenvalue weighted by Crippen LogP contribution is 2.32. The zero-order chi connectivity index (χ0) is 15.0. The topological polar surface area (TPSA) is 75.1 Å². The molecule has 0 radical (unpaired) electrons. The minimum Gasteiger partial charge on any atom is -0.494 e. The molecule has 106 valence electrons. The monoisotopic (exact) mass is 402 g/mol. The standard InChI is InChI=1S/C13H12Br2N2O3/c1-3-7-11(18)16-13(20)17(12(7)19)10-8(14)4-6(2)5-9(10)15/h4-5,19H,3H2,1-2H3,(H,16,18,20). The molecular weight excluding hydrogens is 392 g/mol. The number of aromatic hydroxyl groups is 1. The van der Waals surface area contributed by atoms with Crippen molar-refractivity contribution in [1.82, 2.24) is 9.55 Å².